The van der Waals surface area contributed by atoms with Gasteiger partial charge in [0, 0.05) is 11.5 Å². The zero-order valence-electron chi connectivity index (χ0n) is 18.3. The van der Waals surface area contributed by atoms with Gasteiger partial charge in [0.2, 0.25) is 0 Å². The summed E-state index contributed by atoms with van der Waals surface area (Å²) in [6.45, 7) is 3.62. The van der Waals surface area contributed by atoms with Crippen LogP contribution in [0.25, 0.3) is 6.08 Å². The lowest BCUT2D eigenvalue weighted by atomic mass is 10.1. The van der Waals surface area contributed by atoms with Crippen LogP contribution < -0.4 is 9.47 Å². The van der Waals surface area contributed by atoms with Gasteiger partial charge in [-0.15, -0.1) is 0 Å². The Bertz CT molecular complexity index is 1130. The van der Waals surface area contributed by atoms with Gasteiger partial charge in [0.1, 0.15) is 15.8 Å². The molecule has 3 aromatic rings. The van der Waals surface area contributed by atoms with Crippen LogP contribution in [0.1, 0.15) is 18.1 Å². The van der Waals surface area contributed by atoms with Crippen molar-refractivity contribution in [3.63, 3.8) is 0 Å². The molecule has 0 radical (unpaired) electrons. The Kier molecular flexibility index (Phi) is 7.81. The predicted molar refractivity (Wildman–Crippen MR) is 138 cm³/mol. The fourth-order valence-corrected chi connectivity index (χ4v) is 4.56. The number of carbonyl (C=O) groups is 1. The molecule has 0 saturated carbocycles. The monoisotopic (exact) mass is 475 g/mol. The topological polar surface area (TPSA) is 38.8 Å². The summed E-state index contributed by atoms with van der Waals surface area (Å²) in [5.74, 6) is 1.70. The van der Waals surface area contributed by atoms with E-state index in [0.717, 1.165) is 22.6 Å². The Balaban J connectivity index is 1.39. The molecule has 0 aliphatic carbocycles. The molecular formula is C27H25NO3S2. The molecule has 0 aromatic heterocycles. The number of nitrogens with zero attached hydrogens (tertiary/aromatic N) is 1. The third-order valence-electron chi connectivity index (χ3n) is 5.06. The van der Waals surface area contributed by atoms with Crippen molar-refractivity contribution in [1.29, 1.82) is 0 Å². The van der Waals surface area contributed by atoms with Crippen molar-refractivity contribution < 1.29 is 14.3 Å². The molecule has 1 saturated heterocycles. The summed E-state index contributed by atoms with van der Waals surface area (Å²) in [4.78, 5) is 15.3. The molecule has 0 N–H and O–H groups in total. The van der Waals surface area contributed by atoms with Crippen LogP contribution in [-0.4, -0.2) is 28.3 Å². The number of ether oxygens (including phenoxy) is 2. The number of benzene rings is 3. The molecule has 1 atom stereocenters. The van der Waals surface area contributed by atoms with Gasteiger partial charge >= 0.3 is 0 Å². The van der Waals surface area contributed by atoms with E-state index in [1.165, 1.54) is 11.8 Å². The Morgan fingerprint density at radius 2 is 1.55 bits per heavy atom. The quantitative estimate of drug-likeness (QED) is 0.273. The number of thiocarbonyl (C=S) groups is 1. The smallest absolute Gasteiger partial charge is 0.266 e. The Morgan fingerprint density at radius 3 is 2.30 bits per heavy atom. The standard InChI is InChI=1S/C27H25NO3S2/c1-20(18-30-23-13-6-3-7-14-23)19-31-24-15-9-8-12-22(24)16-25-26(29)28(27(32)33-25)17-21-10-4-2-5-11-21/h2-16,20H,17-19H2,1H3/b25-16+. The molecule has 168 valence electrons. The van der Waals surface area contributed by atoms with Crippen molar-refractivity contribution in [1.82, 2.24) is 4.90 Å². The van der Waals surface area contributed by atoms with E-state index < -0.39 is 0 Å². The van der Waals surface area contributed by atoms with E-state index in [0.29, 0.717) is 29.0 Å². The van der Waals surface area contributed by atoms with Crippen LogP contribution >= 0.6 is 24.0 Å². The molecule has 4 rings (SSSR count). The number of amides is 1. The van der Waals surface area contributed by atoms with Gasteiger partial charge in [-0.3, -0.25) is 9.69 Å². The van der Waals surface area contributed by atoms with Crippen LogP contribution in [0.5, 0.6) is 11.5 Å². The van der Waals surface area contributed by atoms with Gasteiger partial charge in [-0.25, -0.2) is 0 Å². The molecular weight excluding hydrogens is 450 g/mol. The minimum absolute atomic E-state index is 0.0757. The van der Waals surface area contributed by atoms with E-state index in [4.69, 9.17) is 21.7 Å². The summed E-state index contributed by atoms with van der Waals surface area (Å²) in [5.41, 5.74) is 1.90. The number of para-hydroxylation sites is 2. The van der Waals surface area contributed by atoms with Gasteiger partial charge in [-0.05, 0) is 29.8 Å². The Hall–Kier alpha value is -3.09. The van der Waals surface area contributed by atoms with Crippen molar-refractivity contribution >= 4 is 40.3 Å². The minimum Gasteiger partial charge on any atom is -0.493 e. The van der Waals surface area contributed by atoms with E-state index in [9.17, 15) is 4.79 Å². The summed E-state index contributed by atoms with van der Waals surface area (Å²) in [7, 11) is 0. The zero-order valence-corrected chi connectivity index (χ0v) is 20.0. The number of hydrogen-bond acceptors (Lipinski definition) is 5. The molecule has 0 spiro atoms. The highest BCUT2D eigenvalue weighted by Crippen LogP contribution is 2.35. The molecule has 1 heterocycles. The van der Waals surface area contributed by atoms with E-state index in [2.05, 4.69) is 6.92 Å². The molecule has 1 aliphatic rings. The van der Waals surface area contributed by atoms with E-state index in [1.54, 1.807) is 4.90 Å². The van der Waals surface area contributed by atoms with Gasteiger partial charge < -0.3 is 9.47 Å². The third kappa shape index (κ3) is 6.24. The highest BCUT2D eigenvalue weighted by molar-refractivity contribution is 8.26. The normalized spacial score (nSPS) is 15.7. The van der Waals surface area contributed by atoms with Gasteiger partial charge in [0.25, 0.3) is 5.91 Å². The first-order chi connectivity index (χ1) is 16.1. The van der Waals surface area contributed by atoms with E-state index in [-0.39, 0.29) is 11.8 Å². The maximum Gasteiger partial charge on any atom is 0.266 e. The van der Waals surface area contributed by atoms with Crippen LogP contribution in [0.3, 0.4) is 0 Å². The first-order valence-corrected chi connectivity index (χ1v) is 12.0. The number of carbonyl (C=O) groups excluding carboxylic acids is 1. The summed E-state index contributed by atoms with van der Waals surface area (Å²) in [6.07, 6.45) is 1.87. The Labute approximate surface area is 204 Å². The molecule has 1 aliphatic heterocycles. The average Bonchev–Trinajstić information content (AvgIpc) is 3.11. The molecule has 1 fully saturated rings. The fourth-order valence-electron chi connectivity index (χ4n) is 3.31. The van der Waals surface area contributed by atoms with Crippen molar-refractivity contribution in [3.8, 4) is 11.5 Å². The molecule has 6 heteroatoms. The van der Waals surface area contributed by atoms with Crippen LogP contribution in [0.2, 0.25) is 0 Å². The largest absolute Gasteiger partial charge is 0.493 e. The van der Waals surface area contributed by atoms with E-state index in [1.807, 2.05) is 91.0 Å². The summed E-state index contributed by atoms with van der Waals surface area (Å²) in [6, 6.07) is 27.4. The van der Waals surface area contributed by atoms with Crippen LogP contribution in [0.4, 0.5) is 0 Å². The van der Waals surface area contributed by atoms with Crippen molar-refractivity contribution in [3.05, 3.63) is 101 Å². The van der Waals surface area contributed by atoms with Crippen molar-refractivity contribution in [2.45, 2.75) is 13.5 Å². The molecule has 3 aromatic carbocycles. The van der Waals surface area contributed by atoms with Crippen LogP contribution in [0.15, 0.2) is 89.8 Å². The second-order valence-electron chi connectivity index (χ2n) is 7.83. The lowest BCUT2D eigenvalue weighted by Gasteiger charge is -2.16. The maximum absolute atomic E-state index is 13.0. The summed E-state index contributed by atoms with van der Waals surface area (Å²) < 4.78 is 12.5. The highest BCUT2D eigenvalue weighted by atomic mass is 32.2. The second-order valence-corrected chi connectivity index (χ2v) is 9.51. The number of hydrogen-bond donors (Lipinski definition) is 0. The maximum atomic E-state index is 13.0. The Morgan fingerprint density at radius 1 is 0.909 bits per heavy atom. The molecule has 1 amide bonds. The first kappa shape index (κ1) is 23.1. The number of rotatable bonds is 9. The number of thioether (sulfide) groups is 1. The molecule has 4 nitrogen and oxygen atoms in total. The van der Waals surface area contributed by atoms with Crippen molar-refractivity contribution in [2.24, 2.45) is 5.92 Å². The van der Waals surface area contributed by atoms with Gasteiger partial charge in [-0.2, -0.15) is 0 Å². The molecule has 1 unspecified atom stereocenters. The van der Waals surface area contributed by atoms with Crippen LogP contribution in [0, 0.1) is 5.92 Å². The molecule has 0 bridgehead atoms. The fraction of sp³-hybridized carbons (Fsp3) is 0.185. The minimum atomic E-state index is -0.0757. The zero-order chi connectivity index (χ0) is 23.0. The first-order valence-electron chi connectivity index (χ1n) is 10.8. The van der Waals surface area contributed by atoms with Crippen molar-refractivity contribution in [2.75, 3.05) is 13.2 Å². The second kappa shape index (κ2) is 11.2. The van der Waals surface area contributed by atoms with Gasteiger partial charge in [0.05, 0.1) is 24.7 Å². The average molecular weight is 476 g/mol. The summed E-state index contributed by atoms with van der Waals surface area (Å²) in [5, 5.41) is 0. The van der Waals surface area contributed by atoms with Gasteiger partial charge in [0.15, 0.2) is 0 Å². The summed E-state index contributed by atoms with van der Waals surface area (Å²) >= 11 is 6.81. The molecule has 33 heavy (non-hydrogen) atoms. The lowest BCUT2D eigenvalue weighted by Crippen LogP contribution is -2.27. The third-order valence-corrected chi connectivity index (χ3v) is 6.44. The van der Waals surface area contributed by atoms with Crippen LogP contribution in [-0.2, 0) is 11.3 Å². The SMILES string of the molecule is CC(COc1ccccc1)COc1ccccc1/C=C1/SC(=S)N(Cc2ccccc2)C1=O. The highest BCUT2D eigenvalue weighted by Gasteiger charge is 2.32. The lowest BCUT2D eigenvalue weighted by molar-refractivity contribution is -0.122. The predicted octanol–water partition coefficient (Wildman–Crippen LogP) is 6.18. The van der Waals surface area contributed by atoms with E-state index >= 15 is 0 Å². The van der Waals surface area contributed by atoms with Gasteiger partial charge in [-0.1, -0.05) is 97.6 Å².